The second kappa shape index (κ2) is 10.1. The minimum atomic E-state index is -5.89. The Morgan fingerprint density at radius 2 is 1.88 bits per heavy atom. The third kappa shape index (κ3) is 5.94. The van der Waals surface area contributed by atoms with E-state index < -0.39 is 53.7 Å². The molecule has 1 amide bonds. The van der Waals surface area contributed by atoms with Gasteiger partial charge in [-0.25, -0.2) is 18.5 Å². The normalized spacial score (nSPS) is 15.9. The van der Waals surface area contributed by atoms with Crippen LogP contribution in [0, 0.1) is 11.3 Å². The summed E-state index contributed by atoms with van der Waals surface area (Å²) in [5.74, 6) is -3.55. The number of rotatable bonds is 8. The molecule has 3 aromatic rings. The fraction of sp³-hybridized carbons (Fsp3) is 0.429. The number of hydrogen-bond donors (Lipinski definition) is 0. The summed E-state index contributed by atoms with van der Waals surface area (Å²) in [6.07, 6.45) is -18.5. The number of nitrogens with zero attached hydrogens (tertiary/aromatic N) is 6. The van der Waals surface area contributed by atoms with Crippen LogP contribution in [0.15, 0.2) is 18.5 Å². The highest BCUT2D eigenvalue weighted by atomic mass is 35.5. The van der Waals surface area contributed by atoms with Crippen LogP contribution in [-0.4, -0.2) is 61.8 Å². The standard InChI is InChI=1S/C21H14ClF9N6O3S/c1-35(18(8-32)3-4-18)16(38)10-5-11(41-13(10)22)9-6-33-37(7-9)15-12(19(24,25)26)14(34-36(15)2)39-20(27,28)17(23)40-21(29,30)31/h5-7,17H,3-4H2,1-2H3. The average Bonchev–Trinajstić information content (AvgIpc) is 3.13. The van der Waals surface area contributed by atoms with Gasteiger partial charge in [0.2, 0.25) is 0 Å². The first-order chi connectivity index (χ1) is 18.8. The van der Waals surface area contributed by atoms with Gasteiger partial charge in [0.05, 0.1) is 17.8 Å². The molecule has 3 heterocycles. The molecule has 1 unspecified atom stereocenters. The Labute approximate surface area is 232 Å². The molecule has 0 bridgehead atoms. The summed E-state index contributed by atoms with van der Waals surface area (Å²) in [5, 5.41) is 16.2. The second-order valence-corrected chi connectivity index (χ2v) is 10.3. The zero-order valence-electron chi connectivity index (χ0n) is 20.3. The van der Waals surface area contributed by atoms with Crippen molar-refractivity contribution < 1.29 is 53.8 Å². The molecule has 222 valence electrons. The predicted octanol–water partition coefficient (Wildman–Crippen LogP) is 5.94. The van der Waals surface area contributed by atoms with Gasteiger partial charge in [0.1, 0.15) is 9.88 Å². The van der Waals surface area contributed by atoms with Crippen molar-refractivity contribution in [1.82, 2.24) is 24.5 Å². The third-order valence-electron chi connectivity index (χ3n) is 5.88. The number of alkyl halides is 9. The number of thiophene rings is 1. The molecule has 1 aliphatic carbocycles. The average molecular weight is 637 g/mol. The van der Waals surface area contributed by atoms with Gasteiger partial charge in [0, 0.05) is 30.7 Å². The molecular weight excluding hydrogens is 623 g/mol. The number of ether oxygens (including phenoxy) is 2. The molecule has 1 atom stereocenters. The number of halogens is 10. The highest BCUT2D eigenvalue weighted by Crippen LogP contribution is 2.45. The van der Waals surface area contributed by atoms with Crippen LogP contribution in [0.1, 0.15) is 28.8 Å². The summed E-state index contributed by atoms with van der Waals surface area (Å²) < 4.78 is 127. The van der Waals surface area contributed by atoms with Crippen molar-refractivity contribution in [3.8, 4) is 28.2 Å². The van der Waals surface area contributed by atoms with Crippen molar-refractivity contribution in [2.75, 3.05) is 7.05 Å². The lowest BCUT2D eigenvalue weighted by atomic mass is 10.2. The van der Waals surface area contributed by atoms with E-state index in [-0.39, 0.29) is 20.3 Å². The van der Waals surface area contributed by atoms with Gasteiger partial charge in [-0.05, 0) is 18.9 Å². The van der Waals surface area contributed by atoms with Crippen LogP contribution in [-0.2, 0) is 18.0 Å². The van der Waals surface area contributed by atoms with E-state index in [1.54, 1.807) is 0 Å². The first kappa shape index (κ1) is 30.5. The molecule has 0 spiro atoms. The molecule has 4 rings (SSSR count). The van der Waals surface area contributed by atoms with E-state index in [4.69, 9.17) is 11.6 Å². The SMILES string of the molecule is CN(C(=O)c1cc(-c2cnn(-c3c(C(F)(F)F)c(OC(F)(F)C(F)OC(F)(F)F)nn3C)c2)sc1Cl)C1(C#N)CC1. The van der Waals surface area contributed by atoms with Crippen LogP contribution < -0.4 is 4.74 Å². The Morgan fingerprint density at radius 3 is 2.41 bits per heavy atom. The van der Waals surface area contributed by atoms with Gasteiger partial charge < -0.3 is 9.64 Å². The number of carbonyl (C=O) groups excluding carboxylic acids is 1. The van der Waals surface area contributed by atoms with Crippen molar-refractivity contribution in [2.24, 2.45) is 7.05 Å². The molecule has 41 heavy (non-hydrogen) atoms. The maximum absolute atomic E-state index is 13.9. The number of carbonyl (C=O) groups is 1. The van der Waals surface area contributed by atoms with Gasteiger partial charge in [-0.15, -0.1) is 29.6 Å². The molecule has 1 aliphatic rings. The minimum absolute atomic E-state index is 0.00891. The van der Waals surface area contributed by atoms with Crippen LogP contribution in [0.3, 0.4) is 0 Å². The molecule has 0 N–H and O–H groups in total. The van der Waals surface area contributed by atoms with Crippen LogP contribution in [0.2, 0.25) is 4.34 Å². The summed E-state index contributed by atoms with van der Waals surface area (Å²) in [5.41, 5.74) is -2.84. The fourth-order valence-electron chi connectivity index (χ4n) is 3.67. The van der Waals surface area contributed by atoms with Gasteiger partial charge in [0.25, 0.3) is 11.8 Å². The number of hydrogen-bond acceptors (Lipinski definition) is 7. The molecule has 1 fully saturated rings. The van der Waals surface area contributed by atoms with E-state index in [0.717, 1.165) is 30.8 Å². The van der Waals surface area contributed by atoms with Gasteiger partial charge in [0.15, 0.2) is 11.4 Å². The monoisotopic (exact) mass is 636 g/mol. The highest BCUT2D eigenvalue weighted by Gasteiger charge is 2.53. The Morgan fingerprint density at radius 1 is 1.24 bits per heavy atom. The number of amides is 1. The maximum Gasteiger partial charge on any atom is 0.525 e. The van der Waals surface area contributed by atoms with E-state index in [1.807, 2.05) is 0 Å². The van der Waals surface area contributed by atoms with E-state index >= 15 is 0 Å². The van der Waals surface area contributed by atoms with Crippen LogP contribution >= 0.6 is 22.9 Å². The van der Waals surface area contributed by atoms with E-state index in [1.165, 1.54) is 18.0 Å². The Balaban J connectivity index is 1.67. The highest BCUT2D eigenvalue weighted by molar-refractivity contribution is 7.19. The molecule has 9 nitrogen and oxygen atoms in total. The predicted molar refractivity (Wildman–Crippen MR) is 121 cm³/mol. The molecule has 0 saturated heterocycles. The van der Waals surface area contributed by atoms with Crippen molar-refractivity contribution in [2.45, 2.75) is 43.4 Å². The molecule has 20 heteroatoms. The summed E-state index contributed by atoms with van der Waals surface area (Å²) in [6, 6.07) is 3.38. The largest absolute Gasteiger partial charge is 0.525 e. The Bertz CT molecular complexity index is 1520. The second-order valence-electron chi connectivity index (χ2n) is 8.65. The van der Waals surface area contributed by atoms with Crippen LogP contribution in [0.4, 0.5) is 39.5 Å². The summed E-state index contributed by atoms with van der Waals surface area (Å²) >= 11 is 7.07. The zero-order valence-corrected chi connectivity index (χ0v) is 21.9. The van der Waals surface area contributed by atoms with E-state index in [0.29, 0.717) is 22.2 Å². The van der Waals surface area contributed by atoms with E-state index in [2.05, 4.69) is 25.7 Å². The number of aryl methyl sites for hydroxylation is 1. The van der Waals surface area contributed by atoms with Gasteiger partial charge in [-0.1, -0.05) is 11.6 Å². The van der Waals surface area contributed by atoms with Crippen LogP contribution in [0.25, 0.3) is 16.3 Å². The quantitative estimate of drug-likeness (QED) is 0.284. The topological polar surface area (TPSA) is 98.2 Å². The molecule has 0 aromatic carbocycles. The lowest BCUT2D eigenvalue weighted by Gasteiger charge is -2.21. The van der Waals surface area contributed by atoms with Crippen molar-refractivity contribution >= 4 is 28.8 Å². The lowest BCUT2D eigenvalue weighted by Crippen LogP contribution is -2.41. The van der Waals surface area contributed by atoms with Gasteiger partial charge in [-0.2, -0.15) is 32.3 Å². The summed E-state index contributed by atoms with van der Waals surface area (Å²) in [7, 11) is 2.28. The summed E-state index contributed by atoms with van der Waals surface area (Å²) in [6.45, 7) is 0. The maximum atomic E-state index is 13.9. The smallest absolute Gasteiger partial charge is 0.408 e. The van der Waals surface area contributed by atoms with Gasteiger partial charge >= 0.3 is 25.0 Å². The fourth-order valence-corrected chi connectivity index (χ4v) is 4.91. The zero-order chi connectivity index (χ0) is 30.7. The molecule has 0 aliphatic heterocycles. The lowest BCUT2D eigenvalue weighted by molar-refractivity contribution is -0.411. The molecule has 0 radical (unpaired) electrons. The first-order valence-electron chi connectivity index (χ1n) is 10.9. The molecule has 1 saturated carbocycles. The first-order valence-corrected chi connectivity index (χ1v) is 12.1. The number of aromatic nitrogens is 4. The Kier molecular flexibility index (Phi) is 7.50. The van der Waals surface area contributed by atoms with E-state index in [9.17, 15) is 49.6 Å². The van der Waals surface area contributed by atoms with Crippen LogP contribution in [0.5, 0.6) is 5.88 Å². The Hall–Kier alpha value is -3.50. The van der Waals surface area contributed by atoms with Crippen molar-refractivity contribution in [3.05, 3.63) is 33.9 Å². The van der Waals surface area contributed by atoms with Crippen molar-refractivity contribution in [1.29, 1.82) is 5.26 Å². The summed E-state index contributed by atoms with van der Waals surface area (Å²) in [4.78, 5) is 14.4. The number of nitriles is 1. The van der Waals surface area contributed by atoms with Crippen molar-refractivity contribution in [3.63, 3.8) is 0 Å². The third-order valence-corrected chi connectivity index (χ3v) is 7.29. The molecular formula is C21H14ClF9N6O3S. The van der Waals surface area contributed by atoms with Gasteiger partial charge in [-0.3, -0.25) is 4.79 Å². The molecule has 3 aromatic heterocycles. The minimum Gasteiger partial charge on any atom is -0.408 e.